The Balaban J connectivity index is 1.25. The summed E-state index contributed by atoms with van der Waals surface area (Å²) in [6.45, 7) is 2.39. The van der Waals surface area contributed by atoms with E-state index in [0.29, 0.717) is 19.8 Å². The van der Waals surface area contributed by atoms with E-state index in [9.17, 15) is 5.11 Å². The van der Waals surface area contributed by atoms with Gasteiger partial charge in [0.2, 0.25) is 0 Å². The Hall–Kier alpha value is -1.02. The second-order valence-corrected chi connectivity index (χ2v) is 8.71. The number of hydrogen-bond donors (Lipinski definition) is 1. The molecule has 1 saturated carbocycles. The molecular weight excluding hydrogens is 384 g/mol. The molecule has 1 aliphatic carbocycles. The van der Waals surface area contributed by atoms with Crippen LogP contribution in [-0.2, 0) is 30.3 Å². The number of hydrogen-bond acceptors (Lipinski definition) is 6. The van der Waals surface area contributed by atoms with E-state index in [-0.39, 0.29) is 31.0 Å². The fourth-order valence-corrected chi connectivity index (χ4v) is 4.79. The molecule has 3 fully saturated rings. The molecule has 4 atom stereocenters. The van der Waals surface area contributed by atoms with Gasteiger partial charge < -0.3 is 28.8 Å². The molecule has 1 aromatic rings. The van der Waals surface area contributed by atoms with Crippen molar-refractivity contribution in [3.05, 3.63) is 35.9 Å². The summed E-state index contributed by atoms with van der Waals surface area (Å²) in [7, 11) is 0. The minimum absolute atomic E-state index is 0.0189. The van der Waals surface area contributed by atoms with Gasteiger partial charge in [-0.25, -0.2) is 0 Å². The third kappa shape index (κ3) is 5.81. The molecule has 0 radical (unpaired) electrons. The van der Waals surface area contributed by atoms with Gasteiger partial charge in [-0.2, -0.15) is 0 Å². The first kappa shape index (κ1) is 22.2. The van der Waals surface area contributed by atoms with Gasteiger partial charge in [0, 0.05) is 26.1 Å². The summed E-state index contributed by atoms with van der Waals surface area (Å²) < 4.78 is 30.5. The van der Waals surface area contributed by atoms with Crippen LogP contribution in [0.3, 0.4) is 0 Å². The molecule has 0 amide bonds. The highest BCUT2D eigenvalue weighted by Crippen LogP contribution is 2.39. The molecule has 2 aliphatic heterocycles. The highest BCUT2D eigenvalue weighted by atomic mass is 16.8. The summed E-state index contributed by atoms with van der Waals surface area (Å²) in [6.07, 6.45) is 7.40. The number of ether oxygens (including phenoxy) is 5. The van der Waals surface area contributed by atoms with E-state index in [2.05, 4.69) is 12.1 Å². The zero-order chi connectivity index (χ0) is 20.7. The van der Waals surface area contributed by atoms with Crippen LogP contribution in [0.5, 0.6) is 0 Å². The molecule has 2 heterocycles. The summed E-state index contributed by atoms with van der Waals surface area (Å²) in [5.41, 5.74) is 1.17. The zero-order valence-electron chi connectivity index (χ0n) is 17.9. The van der Waals surface area contributed by atoms with E-state index in [1.54, 1.807) is 0 Å². The second kappa shape index (κ2) is 11.0. The number of aliphatic hydroxyl groups excluding tert-OH is 1. The topological polar surface area (TPSA) is 66.4 Å². The van der Waals surface area contributed by atoms with Crippen LogP contribution < -0.4 is 0 Å². The van der Waals surface area contributed by atoms with Crippen molar-refractivity contribution in [1.29, 1.82) is 0 Å². The van der Waals surface area contributed by atoms with Crippen molar-refractivity contribution in [3.8, 4) is 0 Å². The van der Waals surface area contributed by atoms with Gasteiger partial charge in [0.1, 0.15) is 12.2 Å². The molecule has 0 aromatic heterocycles. The van der Waals surface area contributed by atoms with Crippen molar-refractivity contribution in [1.82, 2.24) is 0 Å². The first-order chi connectivity index (χ1) is 14.8. The lowest BCUT2D eigenvalue weighted by Gasteiger charge is -2.36. The summed E-state index contributed by atoms with van der Waals surface area (Å²) in [4.78, 5) is 0. The highest BCUT2D eigenvalue weighted by Gasteiger charge is 2.45. The van der Waals surface area contributed by atoms with Crippen LogP contribution in [0.4, 0.5) is 0 Å². The highest BCUT2D eigenvalue weighted by molar-refractivity contribution is 5.13. The fraction of sp³-hybridized carbons (Fsp3) is 0.750. The Kier molecular flexibility index (Phi) is 8.15. The minimum Gasteiger partial charge on any atom is -0.394 e. The minimum atomic E-state index is -0.451. The standard InChI is InChI=1S/C24H36O6/c25-16-22(23-18-28-24(30-23)12-5-2-6-13-24)29-21-10-7-14-27-20(21)11-15-26-17-19-8-3-1-4-9-19/h1,3-4,8-9,20-23,25H,2,5-7,10-18H2/t20-,21+,22-,23+/m0/s1. The molecule has 6 nitrogen and oxygen atoms in total. The lowest BCUT2D eigenvalue weighted by atomic mass is 9.94. The van der Waals surface area contributed by atoms with Crippen LogP contribution >= 0.6 is 0 Å². The average molecular weight is 421 g/mol. The third-order valence-corrected chi connectivity index (χ3v) is 6.47. The third-order valence-electron chi connectivity index (χ3n) is 6.47. The van der Waals surface area contributed by atoms with Crippen molar-refractivity contribution in [2.24, 2.45) is 0 Å². The van der Waals surface area contributed by atoms with Gasteiger partial charge in [0.15, 0.2) is 5.79 Å². The fourth-order valence-electron chi connectivity index (χ4n) is 4.79. The molecule has 1 aromatic carbocycles. The van der Waals surface area contributed by atoms with Crippen molar-refractivity contribution < 1.29 is 28.8 Å². The lowest BCUT2D eigenvalue weighted by molar-refractivity contribution is -0.214. The largest absolute Gasteiger partial charge is 0.394 e. The predicted octanol–water partition coefficient (Wildman–Crippen LogP) is 3.59. The Bertz CT molecular complexity index is 617. The van der Waals surface area contributed by atoms with Crippen LogP contribution in [0.2, 0.25) is 0 Å². The molecule has 1 N–H and O–H groups in total. The average Bonchev–Trinajstić information content (AvgIpc) is 3.20. The molecule has 2 saturated heterocycles. The van der Waals surface area contributed by atoms with Crippen LogP contribution in [0, 0.1) is 0 Å². The van der Waals surface area contributed by atoms with Crippen molar-refractivity contribution in [2.75, 3.05) is 26.4 Å². The molecule has 30 heavy (non-hydrogen) atoms. The SMILES string of the molecule is OC[C@H](O[C@@H]1CCCO[C@H]1CCOCc1ccccc1)[C@H]1COC2(CCCCC2)O1. The molecular formula is C24H36O6. The zero-order valence-corrected chi connectivity index (χ0v) is 17.9. The first-order valence-electron chi connectivity index (χ1n) is 11.6. The van der Waals surface area contributed by atoms with Crippen LogP contribution in [0.1, 0.15) is 56.9 Å². The van der Waals surface area contributed by atoms with E-state index in [1.807, 2.05) is 18.2 Å². The van der Waals surface area contributed by atoms with Crippen LogP contribution in [-0.4, -0.2) is 61.7 Å². The van der Waals surface area contributed by atoms with Gasteiger partial charge in [0.05, 0.1) is 32.0 Å². The predicted molar refractivity (Wildman–Crippen MR) is 112 cm³/mol. The van der Waals surface area contributed by atoms with Gasteiger partial charge >= 0.3 is 0 Å². The van der Waals surface area contributed by atoms with Crippen LogP contribution in [0.25, 0.3) is 0 Å². The smallest absolute Gasteiger partial charge is 0.169 e. The monoisotopic (exact) mass is 420 g/mol. The maximum Gasteiger partial charge on any atom is 0.169 e. The summed E-state index contributed by atoms with van der Waals surface area (Å²) in [5, 5.41) is 10.0. The van der Waals surface area contributed by atoms with Gasteiger partial charge in [-0.1, -0.05) is 36.8 Å². The Morgan fingerprint density at radius 3 is 2.73 bits per heavy atom. The van der Waals surface area contributed by atoms with Crippen molar-refractivity contribution >= 4 is 0 Å². The molecule has 0 bridgehead atoms. The van der Waals surface area contributed by atoms with E-state index >= 15 is 0 Å². The van der Waals surface area contributed by atoms with E-state index in [0.717, 1.165) is 51.6 Å². The molecule has 0 unspecified atom stereocenters. The second-order valence-electron chi connectivity index (χ2n) is 8.71. The summed E-state index contributed by atoms with van der Waals surface area (Å²) in [5.74, 6) is -0.451. The van der Waals surface area contributed by atoms with Gasteiger partial charge in [-0.15, -0.1) is 0 Å². The number of benzene rings is 1. The molecule has 168 valence electrons. The van der Waals surface area contributed by atoms with Crippen molar-refractivity contribution in [2.45, 2.75) is 88.2 Å². The number of rotatable bonds is 9. The molecule has 1 spiro atoms. The maximum atomic E-state index is 10.0. The van der Waals surface area contributed by atoms with E-state index in [1.165, 1.54) is 12.0 Å². The Morgan fingerprint density at radius 1 is 1.10 bits per heavy atom. The molecule has 4 rings (SSSR count). The molecule has 3 aliphatic rings. The maximum absolute atomic E-state index is 10.0. The summed E-state index contributed by atoms with van der Waals surface area (Å²) in [6, 6.07) is 10.2. The van der Waals surface area contributed by atoms with Crippen molar-refractivity contribution in [3.63, 3.8) is 0 Å². The normalized spacial score (nSPS) is 29.8. The lowest BCUT2D eigenvalue weighted by Crippen LogP contribution is -2.45. The van der Waals surface area contributed by atoms with Gasteiger partial charge in [0.25, 0.3) is 0 Å². The van der Waals surface area contributed by atoms with E-state index in [4.69, 9.17) is 23.7 Å². The number of aliphatic hydroxyl groups is 1. The quantitative estimate of drug-likeness (QED) is 0.616. The Morgan fingerprint density at radius 2 is 1.93 bits per heavy atom. The first-order valence-corrected chi connectivity index (χ1v) is 11.6. The van der Waals surface area contributed by atoms with Crippen LogP contribution in [0.15, 0.2) is 30.3 Å². The van der Waals surface area contributed by atoms with E-state index < -0.39 is 5.79 Å². The summed E-state index contributed by atoms with van der Waals surface area (Å²) >= 11 is 0. The Labute approximate surface area is 179 Å². The molecule has 6 heteroatoms. The van der Waals surface area contributed by atoms with Gasteiger partial charge in [-0.3, -0.25) is 0 Å². The van der Waals surface area contributed by atoms with Gasteiger partial charge in [-0.05, 0) is 37.7 Å².